The van der Waals surface area contributed by atoms with Crippen molar-refractivity contribution in [1.29, 1.82) is 5.26 Å². The van der Waals surface area contributed by atoms with E-state index in [1.54, 1.807) is 48.5 Å². The standard InChI is InChI=1S/C21H17N3O5/c22-13-15-4-8-17(9-5-15)29-11-1-10-28-16-6-2-14(3-7-16)12-18-19(25)23-21(27)24-20(18)26/h2-9,12H,1,10-11H2,(H2,23,24,25,26,27). The molecule has 1 saturated heterocycles. The molecule has 0 spiro atoms. The summed E-state index contributed by atoms with van der Waals surface area (Å²) in [5, 5.41) is 12.8. The lowest BCUT2D eigenvalue weighted by atomic mass is 10.1. The first-order valence-electron chi connectivity index (χ1n) is 8.79. The highest BCUT2D eigenvalue weighted by molar-refractivity contribution is 6.31. The van der Waals surface area contributed by atoms with E-state index in [0.717, 1.165) is 0 Å². The number of imide groups is 2. The van der Waals surface area contributed by atoms with Gasteiger partial charge in [-0.05, 0) is 48.0 Å². The Morgan fingerprint density at radius 1 is 0.828 bits per heavy atom. The molecular formula is C21H17N3O5. The molecule has 1 aliphatic heterocycles. The van der Waals surface area contributed by atoms with Crippen LogP contribution >= 0.6 is 0 Å². The fraction of sp³-hybridized carbons (Fsp3) is 0.143. The van der Waals surface area contributed by atoms with E-state index < -0.39 is 17.8 Å². The summed E-state index contributed by atoms with van der Waals surface area (Å²) in [4.78, 5) is 34.5. The van der Waals surface area contributed by atoms with Gasteiger partial charge in [-0.15, -0.1) is 0 Å². The first-order chi connectivity index (χ1) is 14.0. The van der Waals surface area contributed by atoms with Gasteiger partial charge in [-0.1, -0.05) is 12.1 Å². The van der Waals surface area contributed by atoms with E-state index in [1.165, 1.54) is 6.08 Å². The van der Waals surface area contributed by atoms with Crippen LogP contribution in [-0.4, -0.2) is 31.1 Å². The van der Waals surface area contributed by atoms with Crippen LogP contribution in [0, 0.1) is 11.3 Å². The van der Waals surface area contributed by atoms with Crippen LogP contribution in [0.4, 0.5) is 4.79 Å². The Balaban J connectivity index is 1.45. The van der Waals surface area contributed by atoms with Crippen molar-refractivity contribution in [3.05, 3.63) is 65.2 Å². The number of hydrogen-bond acceptors (Lipinski definition) is 6. The van der Waals surface area contributed by atoms with Gasteiger partial charge in [0.15, 0.2) is 0 Å². The lowest BCUT2D eigenvalue weighted by Gasteiger charge is -2.14. The van der Waals surface area contributed by atoms with Crippen LogP contribution in [-0.2, 0) is 9.59 Å². The number of benzene rings is 2. The van der Waals surface area contributed by atoms with Gasteiger partial charge in [-0.2, -0.15) is 5.26 Å². The number of carbonyl (C=O) groups is 3. The normalized spacial score (nSPS) is 13.2. The summed E-state index contributed by atoms with van der Waals surface area (Å²) in [6.07, 6.45) is 2.06. The Bertz CT molecular complexity index is 966. The number of ether oxygens (including phenoxy) is 2. The van der Waals surface area contributed by atoms with Crippen molar-refractivity contribution < 1.29 is 23.9 Å². The van der Waals surface area contributed by atoms with Crippen LogP contribution in [0.2, 0.25) is 0 Å². The molecule has 0 unspecified atom stereocenters. The van der Waals surface area contributed by atoms with Crippen molar-refractivity contribution >= 4 is 23.9 Å². The van der Waals surface area contributed by atoms with Gasteiger partial charge in [0.05, 0.1) is 24.8 Å². The number of hydrogen-bond donors (Lipinski definition) is 2. The Morgan fingerprint density at radius 3 is 1.86 bits per heavy atom. The van der Waals surface area contributed by atoms with Gasteiger partial charge < -0.3 is 9.47 Å². The third kappa shape index (κ3) is 5.43. The van der Waals surface area contributed by atoms with Gasteiger partial charge in [-0.25, -0.2) is 4.79 Å². The Kier molecular flexibility index (Phi) is 6.22. The fourth-order valence-electron chi connectivity index (χ4n) is 2.50. The lowest BCUT2D eigenvalue weighted by molar-refractivity contribution is -0.123. The highest BCUT2D eigenvalue weighted by Crippen LogP contribution is 2.16. The molecule has 1 fully saturated rings. The highest BCUT2D eigenvalue weighted by atomic mass is 16.5. The van der Waals surface area contributed by atoms with Gasteiger partial charge in [0.1, 0.15) is 17.1 Å². The summed E-state index contributed by atoms with van der Waals surface area (Å²) in [5.74, 6) is -0.139. The molecule has 2 aromatic carbocycles. The number of urea groups is 1. The second-order valence-electron chi connectivity index (χ2n) is 6.05. The molecule has 0 radical (unpaired) electrons. The van der Waals surface area contributed by atoms with Crippen molar-refractivity contribution in [3.63, 3.8) is 0 Å². The molecule has 0 aliphatic carbocycles. The molecule has 2 aromatic rings. The summed E-state index contributed by atoms with van der Waals surface area (Å²) in [6, 6.07) is 14.9. The molecule has 3 rings (SSSR count). The minimum atomic E-state index is -0.830. The van der Waals surface area contributed by atoms with Gasteiger partial charge in [0.2, 0.25) is 0 Å². The fourth-order valence-corrected chi connectivity index (χ4v) is 2.50. The minimum absolute atomic E-state index is 0.141. The molecule has 0 saturated carbocycles. The van der Waals surface area contributed by atoms with Crippen LogP contribution in [0.3, 0.4) is 0 Å². The molecule has 1 aliphatic rings. The summed E-state index contributed by atoms with van der Waals surface area (Å²) >= 11 is 0. The van der Waals surface area contributed by atoms with Gasteiger partial charge in [0.25, 0.3) is 11.8 Å². The van der Waals surface area contributed by atoms with E-state index in [2.05, 4.69) is 0 Å². The van der Waals surface area contributed by atoms with Gasteiger partial charge in [0, 0.05) is 6.42 Å². The Hall–Kier alpha value is -4.12. The van der Waals surface area contributed by atoms with E-state index in [4.69, 9.17) is 14.7 Å². The number of nitrogens with one attached hydrogen (secondary N) is 2. The summed E-state index contributed by atoms with van der Waals surface area (Å²) in [6.45, 7) is 0.919. The number of carbonyl (C=O) groups excluding carboxylic acids is 3. The van der Waals surface area contributed by atoms with Gasteiger partial charge >= 0.3 is 6.03 Å². The molecule has 1 heterocycles. The molecular weight excluding hydrogens is 374 g/mol. The topological polar surface area (TPSA) is 118 Å². The molecule has 8 nitrogen and oxygen atoms in total. The molecule has 4 amide bonds. The quantitative estimate of drug-likeness (QED) is 0.424. The second-order valence-corrected chi connectivity index (χ2v) is 6.05. The highest BCUT2D eigenvalue weighted by Gasteiger charge is 2.27. The van der Waals surface area contributed by atoms with Crippen molar-refractivity contribution in [1.82, 2.24) is 10.6 Å². The van der Waals surface area contributed by atoms with E-state index in [9.17, 15) is 14.4 Å². The maximum Gasteiger partial charge on any atom is 0.328 e. The number of amides is 4. The van der Waals surface area contributed by atoms with Crippen LogP contribution < -0.4 is 20.1 Å². The Labute approximate surface area is 166 Å². The molecule has 0 atom stereocenters. The van der Waals surface area contributed by atoms with E-state index in [-0.39, 0.29) is 5.57 Å². The summed E-state index contributed by atoms with van der Waals surface area (Å²) < 4.78 is 11.2. The maximum absolute atomic E-state index is 11.7. The maximum atomic E-state index is 11.7. The Morgan fingerprint density at radius 2 is 1.34 bits per heavy atom. The van der Waals surface area contributed by atoms with E-state index in [1.807, 2.05) is 16.7 Å². The molecule has 8 heteroatoms. The van der Waals surface area contributed by atoms with Crippen LogP contribution in [0.1, 0.15) is 17.5 Å². The minimum Gasteiger partial charge on any atom is -0.493 e. The predicted octanol–water partition coefficient (Wildman–Crippen LogP) is 2.16. The third-order valence-electron chi connectivity index (χ3n) is 3.94. The molecule has 0 bridgehead atoms. The van der Waals surface area contributed by atoms with E-state index in [0.29, 0.717) is 42.3 Å². The molecule has 29 heavy (non-hydrogen) atoms. The van der Waals surface area contributed by atoms with Crippen molar-refractivity contribution in [2.24, 2.45) is 0 Å². The number of nitriles is 1. The number of barbiturate groups is 1. The first-order valence-corrected chi connectivity index (χ1v) is 8.79. The predicted molar refractivity (Wildman–Crippen MR) is 103 cm³/mol. The molecule has 2 N–H and O–H groups in total. The summed E-state index contributed by atoms with van der Waals surface area (Å²) in [5.41, 5.74) is 1.06. The summed E-state index contributed by atoms with van der Waals surface area (Å²) in [7, 11) is 0. The largest absolute Gasteiger partial charge is 0.493 e. The lowest BCUT2D eigenvalue weighted by Crippen LogP contribution is -2.51. The van der Waals surface area contributed by atoms with Crippen molar-refractivity contribution in [2.45, 2.75) is 6.42 Å². The monoisotopic (exact) mass is 391 g/mol. The van der Waals surface area contributed by atoms with Crippen LogP contribution in [0.5, 0.6) is 11.5 Å². The third-order valence-corrected chi connectivity index (χ3v) is 3.94. The second kappa shape index (κ2) is 9.19. The average molecular weight is 391 g/mol. The van der Waals surface area contributed by atoms with Gasteiger partial charge in [-0.3, -0.25) is 20.2 Å². The van der Waals surface area contributed by atoms with Crippen molar-refractivity contribution in [3.8, 4) is 17.6 Å². The first kappa shape index (κ1) is 19.6. The SMILES string of the molecule is N#Cc1ccc(OCCCOc2ccc(C=C3C(=O)NC(=O)NC3=O)cc2)cc1. The van der Waals surface area contributed by atoms with Crippen molar-refractivity contribution in [2.75, 3.05) is 13.2 Å². The zero-order valence-corrected chi connectivity index (χ0v) is 15.3. The van der Waals surface area contributed by atoms with E-state index >= 15 is 0 Å². The molecule has 146 valence electrons. The van der Waals surface area contributed by atoms with Crippen LogP contribution in [0.15, 0.2) is 54.1 Å². The number of nitrogens with zero attached hydrogens (tertiary/aromatic N) is 1. The zero-order valence-electron chi connectivity index (χ0n) is 15.3. The smallest absolute Gasteiger partial charge is 0.328 e. The zero-order chi connectivity index (χ0) is 20.6. The molecule has 0 aromatic heterocycles. The number of rotatable bonds is 7. The van der Waals surface area contributed by atoms with Crippen LogP contribution in [0.25, 0.3) is 6.08 Å². The average Bonchev–Trinajstić information content (AvgIpc) is 2.72.